The normalized spacial score (nSPS) is 12.9. The topological polar surface area (TPSA) is 77.5 Å². The van der Waals surface area contributed by atoms with Gasteiger partial charge in [0.2, 0.25) is 5.91 Å². The molecule has 0 saturated carbocycles. The first-order valence-electron chi connectivity index (χ1n) is 11.4. The highest BCUT2D eigenvalue weighted by Gasteiger charge is 2.33. The maximum absolute atomic E-state index is 12.9. The largest absolute Gasteiger partial charge is 0.467 e. The van der Waals surface area contributed by atoms with Crippen molar-refractivity contribution in [3.05, 3.63) is 51.8 Å². The van der Waals surface area contributed by atoms with Crippen LogP contribution in [-0.2, 0) is 25.6 Å². The molecule has 1 amide bonds. The summed E-state index contributed by atoms with van der Waals surface area (Å²) in [7, 11) is 1.35. The predicted molar refractivity (Wildman–Crippen MR) is 136 cm³/mol. The number of carbonyl (C=O) groups excluding carboxylic acids is 2. The molecular weight excluding hydrogens is 452 g/mol. The van der Waals surface area contributed by atoms with Crippen LogP contribution < -0.4 is 5.32 Å². The third-order valence-electron chi connectivity index (χ3n) is 5.20. The minimum atomic E-state index is -0.966. The Morgan fingerprint density at radius 1 is 1.06 bits per heavy atom. The van der Waals surface area contributed by atoms with Gasteiger partial charge < -0.3 is 14.8 Å². The summed E-state index contributed by atoms with van der Waals surface area (Å²) in [6.45, 7) is 15.8. The number of hydrogen-bond donors (Lipinski definition) is 1. The van der Waals surface area contributed by atoms with E-state index in [1.54, 1.807) is 12.1 Å². The van der Waals surface area contributed by atoms with Crippen LogP contribution >= 0.6 is 11.6 Å². The van der Waals surface area contributed by atoms with Crippen molar-refractivity contribution in [1.29, 1.82) is 0 Å². The van der Waals surface area contributed by atoms with Gasteiger partial charge in [-0.15, -0.1) is 0 Å². The number of benzene rings is 1. The minimum Gasteiger partial charge on any atom is -0.467 e. The summed E-state index contributed by atoms with van der Waals surface area (Å²) in [6, 6.07) is 7.42. The summed E-state index contributed by atoms with van der Waals surface area (Å²) < 4.78 is 11.3. The Hall–Kier alpha value is -2.44. The van der Waals surface area contributed by atoms with Gasteiger partial charge in [-0.3, -0.25) is 9.78 Å². The zero-order valence-corrected chi connectivity index (χ0v) is 22.5. The summed E-state index contributed by atoms with van der Waals surface area (Å²) in [6.07, 6.45) is -0.553. The number of amides is 1. The summed E-state index contributed by atoms with van der Waals surface area (Å²) in [5.41, 5.74) is 3.84. The zero-order chi connectivity index (χ0) is 25.8. The molecule has 0 aliphatic carbocycles. The van der Waals surface area contributed by atoms with Gasteiger partial charge in [0, 0.05) is 22.7 Å². The third kappa shape index (κ3) is 7.54. The summed E-state index contributed by atoms with van der Waals surface area (Å²) in [5, 5.41) is 3.60. The molecule has 34 heavy (non-hydrogen) atoms. The molecule has 1 heterocycles. The molecule has 0 unspecified atom stereocenters. The quantitative estimate of drug-likeness (QED) is 0.476. The number of aromatic nitrogens is 1. The van der Waals surface area contributed by atoms with Gasteiger partial charge in [0.25, 0.3) is 0 Å². The number of aryl methyl sites for hydroxylation is 1. The number of nitrogens with one attached hydrogen (secondary N) is 1. The van der Waals surface area contributed by atoms with Gasteiger partial charge in [-0.1, -0.05) is 44.5 Å². The fourth-order valence-electron chi connectivity index (χ4n) is 3.77. The number of pyridine rings is 1. The van der Waals surface area contributed by atoms with Crippen molar-refractivity contribution in [1.82, 2.24) is 10.3 Å². The molecule has 1 aromatic carbocycles. The summed E-state index contributed by atoms with van der Waals surface area (Å²) in [5.74, 6) is -0.535. The smallest absolute Gasteiger partial charge is 0.339 e. The molecular formula is C27H37ClN2O4. The van der Waals surface area contributed by atoms with E-state index >= 15 is 0 Å². The second-order valence-electron chi connectivity index (χ2n) is 10.7. The molecule has 0 aliphatic heterocycles. The Kier molecular flexibility index (Phi) is 8.89. The van der Waals surface area contributed by atoms with Gasteiger partial charge in [-0.2, -0.15) is 0 Å². The molecule has 0 saturated heterocycles. The van der Waals surface area contributed by atoms with Crippen LogP contribution in [0.15, 0.2) is 24.3 Å². The van der Waals surface area contributed by atoms with E-state index < -0.39 is 17.7 Å². The van der Waals surface area contributed by atoms with E-state index in [0.29, 0.717) is 22.7 Å². The third-order valence-corrected chi connectivity index (χ3v) is 5.45. The molecule has 1 aromatic heterocycles. The summed E-state index contributed by atoms with van der Waals surface area (Å²) in [4.78, 5) is 30.1. The van der Waals surface area contributed by atoms with Crippen LogP contribution in [0.25, 0.3) is 11.1 Å². The second-order valence-corrected chi connectivity index (χ2v) is 11.1. The molecule has 2 aromatic rings. The molecule has 2 rings (SSSR count). The molecule has 0 fully saturated rings. The Morgan fingerprint density at radius 3 is 2.15 bits per heavy atom. The molecule has 0 bridgehead atoms. The van der Waals surface area contributed by atoms with Gasteiger partial charge in [0.1, 0.15) is 0 Å². The van der Waals surface area contributed by atoms with Crippen LogP contribution in [-0.4, -0.2) is 29.6 Å². The number of nitrogens with zero attached hydrogens (tertiary/aromatic N) is 1. The number of ether oxygens (including phenoxy) is 2. The highest BCUT2D eigenvalue weighted by Crippen LogP contribution is 2.38. The first-order chi connectivity index (χ1) is 15.6. The van der Waals surface area contributed by atoms with Gasteiger partial charge >= 0.3 is 5.97 Å². The molecule has 1 N–H and O–H groups in total. The average Bonchev–Trinajstić information content (AvgIpc) is 2.70. The molecule has 0 spiro atoms. The van der Waals surface area contributed by atoms with Crippen molar-refractivity contribution < 1.29 is 19.1 Å². The van der Waals surface area contributed by atoms with E-state index in [0.717, 1.165) is 22.4 Å². The number of methoxy groups -OCH3 is 1. The minimum absolute atomic E-state index is 0.0352. The Morgan fingerprint density at radius 2 is 1.65 bits per heavy atom. The van der Waals surface area contributed by atoms with E-state index in [9.17, 15) is 9.59 Å². The first kappa shape index (κ1) is 27.8. The summed E-state index contributed by atoms with van der Waals surface area (Å²) >= 11 is 6.14. The van der Waals surface area contributed by atoms with Gasteiger partial charge in [-0.25, -0.2) is 4.79 Å². The predicted octanol–water partition coefficient (Wildman–Crippen LogP) is 6.10. The zero-order valence-electron chi connectivity index (χ0n) is 21.8. The lowest BCUT2D eigenvalue weighted by atomic mass is 9.89. The van der Waals surface area contributed by atoms with Crippen molar-refractivity contribution in [2.45, 2.75) is 80.1 Å². The molecule has 186 valence electrons. The average molecular weight is 489 g/mol. The van der Waals surface area contributed by atoms with E-state index in [4.69, 9.17) is 26.1 Å². The van der Waals surface area contributed by atoms with Crippen LogP contribution in [0.4, 0.5) is 0 Å². The Labute approximate surface area is 208 Å². The van der Waals surface area contributed by atoms with Crippen LogP contribution in [0.1, 0.15) is 76.6 Å². The lowest BCUT2D eigenvalue weighted by Crippen LogP contribution is -2.30. The molecule has 7 heteroatoms. The van der Waals surface area contributed by atoms with Crippen molar-refractivity contribution in [2.24, 2.45) is 5.41 Å². The van der Waals surface area contributed by atoms with E-state index in [2.05, 4.69) is 5.32 Å². The van der Waals surface area contributed by atoms with Gasteiger partial charge in [-0.05, 0) is 68.9 Å². The lowest BCUT2D eigenvalue weighted by Gasteiger charge is -2.29. The van der Waals surface area contributed by atoms with E-state index in [1.807, 2.05) is 67.5 Å². The van der Waals surface area contributed by atoms with Crippen molar-refractivity contribution in [3.63, 3.8) is 0 Å². The van der Waals surface area contributed by atoms with Crippen LogP contribution in [0.5, 0.6) is 0 Å². The second kappa shape index (κ2) is 10.9. The number of rotatable bonds is 7. The fourth-order valence-corrected chi connectivity index (χ4v) is 3.89. The van der Waals surface area contributed by atoms with Crippen molar-refractivity contribution in [2.75, 3.05) is 7.11 Å². The highest BCUT2D eigenvalue weighted by atomic mass is 35.5. The van der Waals surface area contributed by atoms with E-state index in [-0.39, 0.29) is 17.9 Å². The number of carbonyl (C=O) groups is 2. The standard InChI is InChI=1S/C27H37ClN2O4/c1-16-20(15-29-21(31)14-26(3,4)5)30-17(2)23(22(16)18-10-12-19(28)13-11-18)24(25(32)33-9)34-27(6,7)8/h10-13,24H,14-15H2,1-9H3,(H,29,31)/t24-/m0/s1. The van der Waals surface area contributed by atoms with Crippen LogP contribution in [0.3, 0.4) is 0 Å². The molecule has 6 nitrogen and oxygen atoms in total. The first-order valence-corrected chi connectivity index (χ1v) is 11.8. The highest BCUT2D eigenvalue weighted by molar-refractivity contribution is 6.30. The number of esters is 1. The van der Waals surface area contributed by atoms with Crippen molar-refractivity contribution >= 4 is 23.5 Å². The van der Waals surface area contributed by atoms with Crippen LogP contribution in [0, 0.1) is 19.3 Å². The Bertz CT molecular complexity index is 1030. The molecule has 0 aliphatic rings. The lowest BCUT2D eigenvalue weighted by molar-refractivity contribution is -0.164. The van der Waals surface area contributed by atoms with Gasteiger partial charge in [0.05, 0.1) is 24.9 Å². The maximum atomic E-state index is 12.9. The van der Waals surface area contributed by atoms with Crippen molar-refractivity contribution in [3.8, 4) is 11.1 Å². The Balaban J connectivity index is 2.66. The number of hydrogen-bond acceptors (Lipinski definition) is 5. The number of halogens is 1. The maximum Gasteiger partial charge on any atom is 0.339 e. The van der Waals surface area contributed by atoms with E-state index in [1.165, 1.54) is 7.11 Å². The van der Waals surface area contributed by atoms with Crippen LogP contribution in [0.2, 0.25) is 5.02 Å². The monoisotopic (exact) mass is 488 g/mol. The SMILES string of the molecule is COC(=O)[C@@H](OC(C)(C)C)c1c(C)nc(CNC(=O)CC(C)(C)C)c(C)c1-c1ccc(Cl)cc1. The molecule has 1 atom stereocenters. The van der Waals surface area contributed by atoms with Gasteiger partial charge in [0.15, 0.2) is 6.10 Å². The fraction of sp³-hybridized carbons (Fsp3) is 0.519. The molecule has 0 radical (unpaired) electrons.